The molecule has 0 spiro atoms. The van der Waals surface area contributed by atoms with E-state index >= 15 is 0 Å². The lowest BCUT2D eigenvalue weighted by molar-refractivity contribution is 0.0704. The van der Waals surface area contributed by atoms with E-state index in [0.717, 1.165) is 34.8 Å². The topological polar surface area (TPSA) is 58.0 Å². The van der Waals surface area contributed by atoms with Crippen LogP contribution in [0.3, 0.4) is 0 Å². The van der Waals surface area contributed by atoms with Crippen molar-refractivity contribution in [2.45, 2.75) is 74.8 Å². The lowest BCUT2D eigenvalue weighted by Gasteiger charge is -2.53. The van der Waals surface area contributed by atoms with Crippen molar-refractivity contribution in [1.82, 2.24) is 24.7 Å². The maximum absolute atomic E-state index is 5.21. The summed E-state index contributed by atoms with van der Waals surface area (Å²) >= 11 is 0. The smallest absolute Gasteiger partial charge is 0.154 e. The molecule has 0 aromatic carbocycles. The zero-order chi connectivity index (χ0) is 18.1. The molecule has 140 valence electrons. The monoisotopic (exact) mass is 361 g/mol. The predicted octanol–water partition coefficient (Wildman–Crippen LogP) is 4.04. The van der Waals surface area contributed by atoms with Gasteiger partial charge in [0.15, 0.2) is 5.65 Å². The fraction of sp³-hybridized carbons (Fsp3) is 0.545. The molecule has 2 bridgehead atoms. The standard InChI is InChI=1S/C22H27N5/c1-2-3-16-18-14-24-19-17(6-13-23-19)27(18)20(25-16)21-7-10-22(11-8-21,12-9-21)26-15-4-5-15/h2,6,13-15,23,26H,1,3-5,7-12H2. The number of fused-ring (bicyclic) bond motifs is 6. The van der Waals surface area contributed by atoms with Crippen molar-refractivity contribution in [3.63, 3.8) is 0 Å². The first-order valence-corrected chi connectivity index (χ1v) is 10.4. The Balaban J connectivity index is 1.47. The molecule has 0 atom stereocenters. The van der Waals surface area contributed by atoms with Crippen molar-refractivity contribution in [3.05, 3.63) is 42.6 Å². The third kappa shape index (κ3) is 2.27. The number of aromatic amines is 1. The van der Waals surface area contributed by atoms with Crippen LogP contribution in [0.5, 0.6) is 0 Å². The van der Waals surface area contributed by atoms with Crippen LogP contribution in [0.2, 0.25) is 0 Å². The van der Waals surface area contributed by atoms with Crippen LogP contribution in [0.4, 0.5) is 0 Å². The maximum atomic E-state index is 5.21. The van der Waals surface area contributed by atoms with Crippen LogP contribution in [-0.2, 0) is 11.8 Å². The summed E-state index contributed by atoms with van der Waals surface area (Å²) in [5.41, 5.74) is 4.97. The summed E-state index contributed by atoms with van der Waals surface area (Å²) in [6, 6.07) is 2.94. The predicted molar refractivity (Wildman–Crippen MR) is 107 cm³/mol. The van der Waals surface area contributed by atoms with Crippen molar-refractivity contribution < 1.29 is 0 Å². The van der Waals surface area contributed by atoms with Gasteiger partial charge in [0.1, 0.15) is 5.82 Å². The van der Waals surface area contributed by atoms with Gasteiger partial charge in [-0.2, -0.15) is 0 Å². The average molecular weight is 361 g/mol. The molecule has 3 aromatic heterocycles. The van der Waals surface area contributed by atoms with Crippen molar-refractivity contribution in [2.24, 2.45) is 0 Å². The highest BCUT2D eigenvalue weighted by atomic mass is 15.1. The first-order chi connectivity index (χ1) is 13.2. The van der Waals surface area contributed by atoms with Gasteiger partial charge in [0.2, 0.25) is 0 Å². The molecule has 7 rings (SSSR count). The van der Waals surface area contributed by atoms with Gasteiger partial charge in [0, 0.05) is 29.6 Å². The van der Waals surface area contributed by atoms with Gasteiger partial charge in [0.25, 0.3) is 0 Å². The number of hydrogen-bond acceptors (Lipinski definition) is 3. The summed E-state index contributed by atoms with van der Waals surface area (Å²) in [5.74, 6) is 1.26. The minimum Gasteiger partial charge on any atom is -0.345 e. The third-order valence-corrected chi connectivity index (χ3v) is 7.40. The SMILES string of the molecule is C=CCc1nc(C23CCC(NC4CC4)(CC2)CC3)n2c1cnc1[nH]ccc12. The Morgan fingerprint density at radius 1 is 1.19 bits per heavy atom. The summed E-state index contributed by atoms with van der Waals surface area (Å²) in [6.07, 6.45) is 17.1. The van der Waals surface area contributed by atoms with Gasteiger partial charge < -0.3 is 10.3 Å². The Morgan fingerprint density at radius 3 is 2.67 bits per heavy atom. The van der Waals surface area contributed by atoms with Gasteiger partial charge in [-0.1, -0.05) is 6.08 Å². The normalized spacial score (nSPS) is 30.4. The Kier molecular flexibility index (Phi) is 3.20. The maximum Gasteiger partial charge on any atom is 0.154 e. The summed E-state index contributed by atoms with van der Waals surface area (Å²) in [7, 11) is 0. The molecular weight excluding hydrogens is 334 g/mol. The van der Waals surface area contributed by atoms with Gasteiger partial charge >= 0.3 is 0 Å². The van der Waals surface area contributed by atoms with Crippen LogP contribution in [0, 0.1) is 0 Å². The van der Waals surface area contributed by atoms with E-state index in [0.29, 0.717) is 5.54 Å². The fourth-order valence-electron chi connectivity index (χ4n) is 5.66. The highest BCUT2D eigenvalue weighted by Gasteiger charge is 2.52. The van der Waals surface area contributed by atoms with E-state index in [9.17, 15) is 0 Å². The van der Waals surface area contributed by atoms with Crippen LogP contribution >= 0.6 is 0 Å². The zero-order valence-electron chi connectivity index (χ0n) is 15.8. The van der Waals surface area contributed by atoms with E-state index in [1.807, 2.05) is 18.5 Å². The molecule has 3 heterocycles. The average Bonchev–Trinajstić information content (AvgIpc) is 3.23. The number of aromatic nitrogens is 4. The van der Waals surface area contributed by atoms with Crippen molar-refractivity contribution in [1.29, 1.82) is 0 Å². The van der Waals surface area contributed by atoms with E-state index < -0.39 is 0 Å². The van der Waals surface area contributed by atoms with Crippen LogP contribution in [0.15, 0.2) is 31.1 Å². The van der Waals surface area contributed by atoms with Gasteiger partial charge in [-0.3, -0.25) is 4.40 Å². The molecule has 0 radical (unpaired) electrons. The van der Waals surface area contributed by atoms with E-state index in [1.165, 1.54) is 57.2 Å². The second-order valence-corrected chi connectivity index (χ2v) is 9.04. The Bertz CT molecular complexity index is 1010. The van der Waals surface area contributed by atoms with Gasteiger partial charge in [-0.05, 0) is 57.4 Å². The molecule has 3 aromatic rings. The Labute approximate surface area is 159 Å². The second-order valence-electron chi connectivity index (χ2n) is 9.04. The Hall–Kier alpha value is -2.14. The summed E-state index contributed by atoms with van der Waals surface area (Å²) in [5, 5.41) is 4.00. The number of nitrogens with zero attached hydrogens (tertiary/aromatic N) is 3. The van der Waals surface area contributed by atoms with E-state index in [-0.39, 0.29) is 5.41 Å². The molecule has 0 aliphatic heterocycles. The molecule has 0 saturated heterocycles. The van der Waals surface area contributed by atoms with E-state index in [4.69, 9.17) is 4.98 Å². The molecular formula is C22H27N5. The molecule has 4 aliphatic carbocycles. The van der Waals surface area contributed by atoms with Crippen molar-refractivity contribution in [3.8, 4) is 0 Å². The third-order valence-electron chi connectivity index (χ3n) is 7.40. The highest BCUT2D eigenvalue weighted by molar-refractivity contribution is 5.76. The first kappa shape index (κ1) is 15.9. The number of hydrogen-bond donors (Lipinski definition) is 2. The minimum absolute atomic E-state index is 0.209. The largest absolute Gasteiger partial charge is 0.345 e. The molecule has 4 aliphatic rings. The molecule has 5 heteroatoms. The van der Waals surface area contributed by atoms with Crippen molar-refractivity contribution >= 4 is 16.7 Å². The molecule has 27 heavy (non-hydrogen) atoms. The van der Waals surface area contributed by atoms with Crippen LogP contribution in [0.1, 0.15) is 62.9 Å². The van der Waals surface area contributed by atoms with Crippen molar-refractivity contribution in [2.75, 3.05) is 0 Å². The summed E-state index contributed by atoms with van der Waals surface area (Å²) in [4.78, 5) is 13.1. The zero-order valence-corrected chi connectivity index (χ0v) is 15.8. The van der Waals surface area contributed by atoms with E-state index in [2.05, 4.69) is 32.3 Å². The molecule has 4 saturated carbocycles. The molecule has 0 unspecified atom stereocenters. The molecule has 2 N–H and O–H groups in total. The van der Waals surface area contributed by atoms with Gasteiger partial charge in [0.05, 0.1) is 22.9 Å². The quantitative estimate of drug-likeness (QED) is 0.675. The molecule has 0 amide bonds. The first-order valence-electron chi connectivity index (χ1n) is 10.4. The second kappa shape index (κ2) is 5.44. The number of H-pyrrole nitrogens is 1. The Morgan fingerprint density at radius 2 is 1.96 bits per heavy atom. The highest BCUT2D eigenvalue weighted by Crippen LogP contribution is 2.54. The molecule has 5 nitrogen and oxygen atoms in total. The fourth-order valence-corrected chi connectivity index (χ4v) is 5.66. The van der Waals surface area contributed by atoms with Crippen LogP contribution in [-0.4, -0.2) is 30.9 Å². The lowest BCUT2D eigenvalue weighted by Crippen LogP contribution is -2.57. The minimum atomic E-state index is 0.209. The lowest BCUT2D eigenvalue weighted by atomic mass is 9.57. The molecule has 4 fully saturated rings. The van der Waals surface area contributed by atoms with Gasteiger partial charge in [-0.15, -0.1) is 6.58 Å². The summed E-state index contributed by atoms with van der Waals surface area (Å²) < 4.78 is 2.39. The number of nitrogens with one attached hydrogen (secondary N) is 2. The van der Waals surface area contributed by atoms with E-state index in [1.54, 1.807) is 0 Å². The number of imidazole rings is 1. The van der Waals surface area contributed by atoms with Crippen LogP contribution in [0.25, 0.3) is 16.7 Å². The van der Waals surface area contributed by atoms with Crippen LogP contribution < -0.4 is 5.32 Å². The van der Waals surface area contributed by atoms with Gasteiger partial charge in [-0.25, -0.2) is 9.97 Å². The number of rotatable bonds is 5. The summed E-state index contributed by atoms with van der Waals surface area (Å²) in [6.45, 7) is 3.94. The number of allylic oxidation sites excluding steroid dienone is 1.